The van der Waals surface area contributed by atoms with Gasteiger partial charge in [-0.15, -0.1) is 23.1 Å². The number of nitrogens with two attached hydrogens (primary N) is 1. The predicted molar refractivity (Wildman–Crippen MR) is 128 cm³/mol. The third kappa shape index (κ3) is 4.10. The van der Waals surface area contributed by atoms with Crippen LogP contribution in [-0.4, -0.2) is 81.8 Å². The van der Waals surface area contributed by atoms with Crippen LogP contribution in [0.1, 0.15) is 25.5 Å². The Morgan fingerprint density at radius 3 is 2.74 bits per heavy atom. The zero-order chi connectivity index (χ0) is 24.9. The molecule has 11 nitrogen and oxygen atoms in total. The van der Waals surface area contributed by atoms with E-state index in [-0.39, 0.29) is 22.2 Å². The molecule has 1 aromatic rings. The molecule has 0 radical (unpaired) electrons. The summed E-state index contributed by atoms with van der Waals surface area (Å²) in [5, 5.41) is 19.9. The number of nitrogens with one attached hydrogen (secondary N) is 1. The van der Waals surface area contributed by atoms with Gasteiger partial charge in [0.25, 0.3) is 11.8 Å². The van der Waals surface area contributed by atoms with E-state index in [0.29, 0.717) is 23.8 Å². The van der Waals surface area contributed by atoms with Gasteiger partial charge >= 0.3 is 0 Å². The topological polar surface area (TPSA) is 150 Å². The molecule has 35 heavy (non-hydrogen) atoms. The monoisotopic (exact) mass is 518 g/mol. The van der Waals surface area contributed by atoms with Gasteiger partial charge in [0.2, 0.25) is 0 Å². The molecule has 13 heteroatoms. The largest absolute Gasteiger partial charge is 0.543 e. The molecule has 1 aromatic heterocycles. The van der Waals surface area contributed by atoms with Gasteiger partial charge in [-0.25, -0.2) is 4.98 Å². The van der Waals surface area contributed by atoms with E-state index in [1.54, 1.807) is 5.38 Å². The normalized spacial score (nSPS) is 29.9. The van der Waals surface area contributed by atoms with Gasteiger partial charge < -0.3 is 25.8 Å². The van der Waals surface area contributed by atoms with E-state index >= 15 is 0 Å². The van der Waals surface area contributed by atoms with Crippen molar-refractivity contribution in [1.29, 1.82) is 0 Å². The van der Waals surface area contributed by atoms with Crippen LogP contribution < -0.4 is 16.2 Å². The summed E-state index contributed by atoms with van der Waals surface area (Å²) in [6.07, 6.45) is 4.45. The summed E-state index contributed by atoms with van der Waals surface area (Å²) in [4.78, 5) is 48.2. The number of thiazole rings is 1. The van der Waals surface area contributed by atoms with Crippen LogP contribution in [-0.2, 0) is 19.2 Å². The average molecular weight is 519 g/mol. The van der Waals surface area contributed by atoms with Gasteiger partial charge in [-0.1, -0.05) is 5.16 Å². The van der Waals surface area contributed by atoms with E-state index in [9.17, 15) is 19.5 Å². The van der Waals surface area contributed by atoms with E-state index in [4.69, 9.17) is 10.6 Å². The number of aromatic nitrogens is 1. The highest BCUT2D eigenvalue weighted by atomic mass is 32.2. The summed E-state index contributed by atoms with van der Waals surface area (Å²) in [5.74, 6) is -1.44. The Bertz CT molecular complexity index is 1180. The zero-order valence-corrected chi connectivity index (χ0v) is 21.0. The number of carbonyl (C=O) groups is 3. The average Bonchev–Trinajstić information content (AvgIpc) is 3.26. The maximum atomic E-state index is 13.1. The Morgan fingerprint density at radius 2 is 2.14 bits per heavy atom. The van der Waals surface area contributed by atoms with Crippen molar-refractivity contribution in [2.45, 2.75) is 31.2 Å². The molecule has 5 aliphatic rings. The molecule has 2 amide bonds. The van der Waals surface area contributed by atoms with Gasteiger partial charge in [0, 0.05) is 29.5 Å². The summed E-state index contributed by atoms with van der Waals surface area (Å²) in [6.45, 7) is 4.62. The number of hydrogen-bond acceptors (Lipinski definition) is 10. The highest BCUT2D eigenvalue weighted by Crippen LogP contribution is 2.43. The van der Waals surface area contributed by atoms with E-state index in [2.05, 4.69) is 28.6 Å². The lowest BCUT2D eigenvalue weighted by Gasteiger charge is -2.52. The lowest BCUT2D eigenvalue weighted by atomic mass is 9.84. The minimum absolute atomic E-state index is 0.0615. The van der Waals surface area contributed by atoms with Crippen LogP contribution in [0, 0.1) is 5.92 Å². The molecule has 6 heterocycles. The number of oxime groups is 1. The van der Waals surface area contributed by atoms with Crippen LogP contribution in [0.25, 0.3) is 0 Å². The first-order valence-corrected chi connectivity index (χ1v) is 13.2. The van der Waals surface area contributed by atoms with Crippen molar-refractivity contribution in [3.8, 4) is 0 Å². The van der Waals surface area contributed by atoms with Gasteiger partial charge in [-0.3, -0.25) is 19.0 Å². The first kappa shape index (κ1) is 23.8. The number of anilines is 1. The summed E-state index contributed by atoms with van der Waals surface area (Å²) in [6, 6.07) is -0.902. The molecule has 5 aliphatic heterocycles. The smallest absolute Gasteiger partial charge is 0.276 e. The van der Waals surface area contributed by atoms with Crippen molar-refractivity contribution in [1.82, 2.24) is 15.2 Å². The summed E-state index contributed by atoms with van der Waals surface area (Å²) < 4.78 is 0.718. The van der Waals surface area contributed by atoms with Crippen LogP contribution in [0.2, 0.25) is 0 Å². The van der Waals surface area contributed by atoms with Crippen molar-refractivity contribution in [2.75, 3.05) is 38.2 Å². The van der Waals surface area contributed by atoms with Gasteiger partial charge in [0.1, 0.15) is 30.8 Å². The van der Waals surface area contributed by atoms with Crippen molar-refractivity contribution in [2.24, 2.45) is 11.1 Å². The lowest BCUT2D eigenvalue weighted by Crippen LogP contribution is -2.72. The summed E-state index contributed by atoms with van der Waals surface area (Å²) in [5.41, 5.74) is 7.77. The first-order chi connectivity index (χ1) is 16.7. The fourth-order valence-corrected chi connectivity index (χ4v) is 7.37. The second-order valence-electron chi connectivity index (χ2n) is 9.27. The van der Waals surface area contributed by atoms with Crippen molar-refractivity contribution < 1.29 is 28.8 Å². The van der Waals surface area contributed by atoms with Crippen LogP contribution in [0.5, 0.6) is 0 Å². The van der Waals surface area contributed by atoms with E-state index in [0.717, 1.165) is 41.8 Å². The number of carbonyl (C=O) groups excluding carboxylic acids is 3. The molecule has 186 valence electrons. The number of rotatable bonds is 7. The van der Waals surface area contributed by atoms with Gasteiger partial charge in [0.15, 0.2) is 10.8 Å². The number of hydrogen-bond donors (Lipinski definition) is 2. The number of allylic oxidation sites excluding steroid dienone is 1. The second kappa shape index (κ2) is 8.95. The Hall–Kier alpha value is -2.90. The molecule has 2 saturated heterocycles. The summed E-state index contributed by atoms with van der Waals surface area (Å²) >= 11 is 2.58. The molecule has 0 saturated carbocycles. The molecule has 0 spiro atoms. The van der Waals surface area contributed by atoms with Gasteiger partial charge in [-0.05, 0) is 18.4 Å². The number of carboxylic acid groups (broad SMARTS) is 1. The Morgan fingerprint density at radius 1 is 1.40 bits per heavy atom. The fraction of sp³-hybridized carbons (Fsp3) is 0.500. The molecule has 2 bridgehead atoms. The number of amides is 2. The van der Waals surface area contributed by atoms with Crippen LogP contribution in [0.4, 0.5) is 5.13 Å². The van der Waals surface area contributed by atoms with Crippen molar-refractivity contribution in [3.05, 3.63) is 34.1 Å². The van der Waals surface area contributed by atoms with E-state index < -0.39 is 29.2 Å². The minimum Gasteiger partial charge on any atom is -0.543 e. The number of carboxylic acids is 1. The molecular weight excluding hydrogens is 492 g/mol. The molecule has 3 N–H and O–H groups in total. The summed E-state index contributed by atoms with van der Waals surface area (Å²) in [7, 11) is 1.29. The van der Waals surface area contributed by atoms with E-state index in [1.165, 1.54) is 29.3 Å². The van der Waals surface area contributed by atoms with E-state index in [1.807, 2.05) is 0 Å². The van der Waals surface area contributed by atoms with Crippen LogP contribution in [0.3, 0.4) is 0 Å². The Labute approximate surface area is 210 Å². The number of β-lactam (4-membered cyclic amide) rings is 1. The highest BCUT2D eigenvalue weighted by molar-refractivity contribution is 8.00. The fourth-order valence-electron chi connectivity index (χ4n) is 5.48. The minimum atomic E-state index is -1.37. The molecule has 0 aliphatic carbocycles. The van der Waals surface area contributed by atoms with Gasteiger partial charge in [-0.2, -0.15) is 0 Å². The quantitative estimate of drug-likeness (QED) is 0.215. The van der Waals surface area contributed by atoms with Crippen LogP contribution >= 0.6 is 23.1 Å². The lowest BCUT2D eigenvalue weighted by molar-refractivity contribution is -0.885. The molecule has 0 unspecified atom stereocenters. The maximum absolute atomic E-state index is 13.1. The zero-order valence-electron chi connectivity index (χ0n) is 19.4. The molecule has 2 atom stereocenters. The number of aliphatic carboxylic acids is 1. The maximum Gasteiger partial charge on any atom is 0.276 e. The number of quaternary nitrogens is 1. The van der Waals surface area contributed by atoms with Gasteiger partial charge in [0.05, 0.1) is 31.0 Å². The number of piperidine rings is 1. The van der Waals surface area contributed by atoms with Crippen LogP contribution in [0.15, 0.2) is 33.6 Å². The molecule has 6 rings (SSSR count). The van der Waals surface area contributed by atoms with Crippen molar-refractivity contribution in [3.63, 3.8) is 0 Å². The molecule has 0 aromatic carbocycles. The number of fused-ring (bicyclic) bond motifs is 3. The molecule has 2 fully saturated rings. The first-order valence-electron chi connectivity index (χ1n) is 11.3. The number of thioether (sulfide) groups is 1. The SMILES string of the molecule is CO/N=C(\C(=O)N[C@@H]1C(=O)N2C(C(=O)[O-])=C(C[N+]34C=C(C)C(CC3)CC4)CS[C@H]12)c1csc(N)n1. The van der Waals surface area contributed by atoms with Crippen molar-refractivity contribution >= 4 is 51.7 Å². The Kier molecular flexibility index (Phi) is 6.09. The Balaban J connectivity index is 1.35. The number of nitrogens with zero attached hydrogens (tertiary/aromatic N) is 4. The number of nitrogen functional groups attached to an aromatic ring is 1. The standard InChI is InChI=1S/C22H26N6O5S2/c1-11-7-28(5-3-12(11)4-6-28)8-13-9-34-20-16(19(30)27(20)17(13)21(31)32)25-18(29)15(26-33-2)14-10-35-22(23)24-14/h7,10,12,16,20H,3-6,8-9H2,1-2H3,(H3-,23,24,25,29,31,32)/b26-15-/t12?,16-,20-,28?/m1/s1. The third-order valence-corrected chi connectivity index (χ3v) is 9.18. The molecular formula is C22H26N6O5S2. The third-order valence-electron chi connectivity index (χ3n) is 7.16. The predicted octanol–water partition coefficient (Wildman–Crippen LogP) is -0.376. The second-order valence-corrected chi connectivity index (χ2v) is 11.3. The highest BCUT2D eigenvalue weighted by Gasteiger charge is 2.54.